The summed E-state index contributed by atoms with van der Waals surface area (Å²) in [5.41, 5.74) is 3.81. The minimum atomic E-state index is -0.606. The van der Waals surface area contributed by atoms with E-state index < -0.39 is 5.60 Å². The van der Waals surface area contributed by atoms with Crippen LogP contribution in [-0.2, 0) is 33.5 Å². The summed E-state index contributed by atoms with van der Waals surface area (Å²) in [5, 5.41) is 6.93. The molecule has 0 saturated heterocycles. The van der Waals surface area contributed by atoms with Gasteiger partial charge in [-0.25, -0.2) is 9.78 Å². The number of amides is 1. The number of ether oxygens (including phenoxy) is 3. The Balaban J connectivity index is 1.43. The first-order valence-corrected chi connectivity index (χ1v) is 15.0. The van der Waals surface area contributed by atoms with Gasteiger partial charge in [0, 0.05) is 43.8 Å². The van der Waals surface area contributed by atoms with E-state index in [9.17, 15) is 9.59 Å². The smallest absolute Gasteiger partial charge is 0.410 e. The maximum absolute atomic E-state index is 13.3. The summed E-state index contributed by atoms with van der Waals surface area (Å²) in [4.78, 5) is 32.4. The Morgan fingerprint density at radius 1 is 1.17 bits per heavy atom. The number of fused-ring (bicyclic) bond motifs is 2. The zero-order chi connectivity index (χ0) is 29.4. The van der Waals surface area contributed by atoms with Crippen molar-refractivity contribution in [2.24, 2.45) is 0 Å². The third kappa shape index (κ3) is 8.83. The molecule has 1 aromatic heterocycles. The molecule has 2 atom stereocenters. The van der Waals surface area contributed by atoms with Crippen molar-refractivity contribution in [2.45, 2.75) is 90.8 Å². The van der Waals surface area contributed by atoms with Crippen molar-refractivity contribution >= 4 is 17.9 Å². The quantitative estimate of drug-likeness (QED) is 0.338. The molecule has 2 aromatic rings. The molecule has 1 unspecified atom stereocenters. The predicted molar refractivity (Wildman–Crippen MR) is 159 cm³/mol. The normalized spacial score (nSPS) is 15.5. The number of pyridine rings is 1. The molecule has 4 rings (SSSR count). The number of hydrogen-bond acceptors (Lipinski definition) is 8. The molecule has 3 heterocycles. The standard InChI is InChI=1S/C32H46N4O5/c1-6-39-29(37)20-27(25-12-11-23-15-18-40-28(23)19-25)34-21-22(2)36(31(38)41-32(3,4)5)17-8-10-26-14-13-24-9-7-16-33-30(24)35-26/h11-14,19,22,27,34H,6-10,15-18,20-21H2,1-5H3,(H,33,35)/t22-,27?/m0/s1. The van der Waals surface area contributed by atoms with Crippen LogP contribution in [0.2, 0.25) is 0 Å². The van der Waals surface area contributed by atoms with E-state index in [2.05, 4.69) is 28.8 Å². The van der Waals surface area contributed by atoms with Crippen LogP contribution >= 0.6 is 0 Å². The number of aromatic nitrogens is 1. The van der Waals surface area contributed by atoms with Crippen molar-refractivity contribution in [3.63, 3.8) is 0 Å². The van der Waals surface area contributed by atoms with Crippen LogP contribution < -0.4 is 15.4 Å². The number of benzene rings is 1. The number of nitrogens with zero attached hydrogens (tertiary/aromatic N) is 2. The van der Waals surface area contributed by atoms with Gasteiger partial charge in [-0.2, -0.15) is 0 Å². The third-order valence-corrected chi connectivity index (χ3v) is 7.40. The zero-order valence-corrected chi connectivity index (χ0v) is 25.3. The molecular weight excluding hydrogens is 520 g/mol. The first kappa shape index (κ1) is 30.6. The van der Waals surface area contributed by atoms with E-state index in [1.807, 2.05) is 39.8 Å². The van der Waals surface area contributed by atoms with Crippen LogP contribution in [-0.4, -0.2) is 66.4 Å². The number of aryl methyl sites for hydroxylation is 2. The van der Waals surface area contributed by atoms with Gasteiger partial charge in [0.05, 0.1) is 19.6 Å². The summed E-state index contributed by atoms with van der Waals surface area (Å²) in [5.74, 6) is 1.59. The van der Waals surface area contributed by atoms with Gasteiger partial charge in [0.2, 0.25) is 0 Å². The number of carbonyl (C=O) groups excluding carboxylic acids is 2. The second-order valence-corrected chi connectivity index (χ2v) is 11.9. The van der Waals surface area contributed by atoms with Gasteiger partial charge < -0.3 is 29.7 Å². The van der Waals surface area contributed by atoms with Gasteiger partial charge in [0.1, 0.15) is 17.2 Å². The fourth-order valence-electron chi connectivity index (χ4n) is 5.27. The molecule has 0 radical (unpaired) electrons. The lowest BCUT2D eigenvalue weighted by atomic mass is 10.0. The molecule has 2 aliphatic heterocycles. The Kier molecular flexibility index (Phi) is 10.5. The highest BCUT2D eigenvalue weighted by Gasteiger charge is 2.27. The average molecular weight is 567 g/mol. The van der Waals surface area contributed by atoms with E-state index in [0.717, 1.165) is 61.5 Å². The molecule has 0 saturated carbocycles. The molecule has 9 heteroatoms. The molecule has 224 valence electrons. The Bertz CT molecular complexity index is 1200. The van der Waals surface area contributed by atoms with Gasteiger partial charge in [-0.15, -0.1) is 0 Å². The zero-order valence-electron chi connectivity index (χ0n) is 25.3. The highest BCUT2D eigenvalue weighted by molar-refractivity contribution is 5.70. The summed E-state index contributed by atoms with van der Waals surface area (Å²) < 4.78 is 16.8. The average Bonchev–Trinajstić information content (AvgIpc) is 3.40. The fourth-order valence-corrected chi connectivity index (χ4v) is 5.27. The largest absolute Gasteiger partial charge is 0.493 e. The van der Waals surface area contributed by atoms with Gasteiger partial charge in [-0.3, -0.25) is 4.79 Å². The van der Waals surface area contributed by atoms with Crippen molar-refractivity contribution in [1.82, 2.24) is 15.2 Å². The van der Waals surface area contributed by atoms with Crippen molar-refractivity contribution in [1.29, 1.82) is 0 Å². The molecule has 0 bridgehead atoms. The monoisotopic (exact) mass is 566 g/mol. The number of anilines is 1. The van der Waals surface area contributed by atoms with Crippen LogP contribution in [0, 0.1) is 0 Å². The van der Waals surface area contributed by atoms with Gasteiger partial charge in [0.15, 0.2) is 0 Å². The van der Waals surface area contributed by atoms with Crippen molar-refractivity contribution in [3.05, 3.63) is 52.7 Å². The number of nitrogens with one attached hydrogen (secondary N) is 2. The maximum atomic E-state index is 13.3. The molecule has 0 spiro atoms. The van der Waals surface area contributed by atoms with E-state index in [0.29, 0.717) is 26.3 Å². The minimum absolute atomic E-state index is 0.182. The first-order valence-electron chi connectivity index (χ1n) is 15.0. The Morgan fingerprint density at radius 3 is 2.76 bits per heavy atom. The highest BCUT2D eigenvalue weighted by atomic mass is 16.6. The Labute approximate surface area is 244 Å². The second kappa shape index (κ2) is 14.0. The van der Waals surface area contributed by atoms with E-state index in [1.54, 1.807) is 11.8 Å². The van der Waals surface area contributed by atoms with E-state index >= 15 is 0 Å². The maximum Gasteiger partial charge on any atom is 0.410 e. The van der Waals surface area contributed by atoms with Crippen LogP contribution in [0.25, 0.3) is 0 Å². The van der Waals surface area contributed by atoms with Crippen LogP contribution in [0.4, 0.5) is 10.6 Å². The molecule has 41 heavy (non-hydrogen) atoms. The molecule has 0 fully saturated rings. The Hall–Kier alpha value is -3.33. The molecule has 1 aromatic carbocycles. The third-order valence-electron chi connectivity index (χ3n) is 7.40. The number of hydrogen-bond donors (Lipinski definition) is 2. The van der Waals surface area contributed by atoms with Gasteiger partial charge in [-0.05, 0) is 89.1 Å². The van der Waals surface area contributed by atoms with Crippen LogP contribution in [0.1, 0.15) is 82.3 Å². The number of rotatable bonds is 12. The summed E-state index contributed by atoms with van der Waals surface area (Å²) >= 11 is 0. The predicted octanol–water partition coefficient (Wildman–Crippen LogP) is 5.22. The topological polar surface area (TPSA) is 102 Å². The molecule has 0 aliphatic carbocycles. The number of esters is 1. The van der Waals surface area contributed by atoms with Crippen molar-refractivity contribution < 1.29 is 23.8 Å². The SMILES string of the molecule is CCOC(=O)CC(NC[C@H](C)N(CCCc1ccc2c(n1)NCCC2)C(=O)OC(C)(C)C)c1ccc2c(c1)OCC2. The first-order chi connectivity index (χ1) is 19.6. The van der Waals surface area contributed by atoms with Gasteiger partial charge >= 0.3 is 12.1 Å². The lowest BCUT2D eigenvalue weighted by Gasteiger charge is -2.33. The summed E-state index contributed by atoms with van der Waals surface area (Å²) in [6, 6.07) is 9.91. The van der Waals surface area contributed by atoms with E-state index in [4.69, 9.17) is 19.2 Å². The molecular formula is C32H46N4O5. The van der Waals surface area contributed by atoms with Crippen LogP contribution in [0.3, 0.4) is 0 Å². The lowest BCUT2D eigenvalue weighted by Crippen LogP contribution is -2.47. The summed E-state index contributed by atoms with van der Waals surface area (Å²) in [7, 11) is 0. The summed E-state index contributed by atoms with van der Waals surface area (Å²) in [6.07, 6.45) is 4.43. The van der Waals surface area contributed by atoms with Crippen molar-refractivity contribution in [2.75, 3.05) is 38.2 Å². The van der Waals surface area contributed by atoms with Crippen molar-refractivity contribution in [3.8, 4) is 5.75 Å². The van der Waals surface area contributed by atoms with Gasteiger partial charge in [0.25, 0.3) is 0 Å². The van der Waals surface area contributed by atoms with E-state index in [1.165, 1.54) is 11.1 Å². The lowest BCUT2D eigenvalue weighted by molar-refractivity contribution is -0.143. The second-order valence-electron chi connectivity index (χ2n) is 11.9. The molecule has 2 aliphatic rings. The fraction of sp³-hybridized carbons (Fsp3) is 0.594. The highest BCUT2D eigenvalue weighted by Crippen LogP contribution is 2.30. The Morgan fingerprint density at radius 2 is 1.98 bits per heavy atom. The van der Waals surface area contributed by atoms with Crippen LogP contribution in [0.5, 0.6) is 5.75 Å². The van der Waals surface area contributed by atoms with Crippen LogP contribution in [0.15, 0.2) is 30.3 Å². The molecule has 1 amide bonds. The molecule has 2 N–H and O–H groups in total. The summed E-state index contributed by atoms with van der Waals surface area (Å²) in [6.45, 7) is 12.4. The van der Waals surface area contributed by atoms with Gasteiger partial charge in [-0.1, -0.05) is 18.2 Å². The molecule has 9 nitrogen and oxygen atoms in total. The minimum Gasteiger partial charge on any atom is -0.493 e. The number of carbonyl (C=O) groups is 2. The van der Waals surface area contributed by atoms with E-state index in [-0.39, 0.29) is 30.6 Å².